The van der Waals surface area contributed by atoms with E-state index >= 15 is 0 Å². The van der Waals surface area contributed by atoms with Crippen LogP contribution in [0.25, 0.3) is 0 Å². The van der Waals surface area contributed by atoms with Gasteiger partial charge in [0.15, 0.2) is 11.5 Å². The summed E-state index contributed by atoms with van der Waals surface area (Å²) in [5, 5.41) is 2.86. The molecule has 3 aromatic rings. The number of hydrogen-bond donors (Lipinski definition) is 1. The molecule has 0 aliphatic carbocycles. The van der Waals surface area contributed by atoms with E-state index in [1.54, 1.807) is 31.5 Å². The maximum Gasteiger partial charge on any atom is 0.224 e. The van der Waals surface area contributed by atoms with Gasteiger partial charge >= 0.3 is 0 Å². The van der Waals surface area contributed by atoms with Crippen LogP contribution in [-0.2, 0) is 11.2 Å². The number of nitrogens with one attached hydrogen (secondary N) is 1. The molecule has 138 valence electrons. The summed E-state index contributed by atoms with van der Waals surface area (Å²) in [7, 11) is 1.59. The fourth-order valence-corrected chi connectivity index (χ4v) is 2.57. The molecular weight excluding hydrogens is 340 g/mol. The smallest absolute Gasteiger partial charge is 0.224 e. The lowest BCUT2D eigenvalue weighted by Crippen LogP contribution is -2.12. The minimum Gasteiger partial charge on any atom is -0.493 e. The Morgan fingerprint density at radius 3 is 2.41 bits per heavy atom. The van der Waals surface area contributed by atoms with Gasteiger partial charge < -0.3 is 14.8 Å². The minimum absolute atomic E-state index is 0.0456. The lowest BCUT2D eigenvalue weighted by atomic mass is 10.1. The van der Waals surface area contributed by atoms with Crippen molar-refractivity contribution < 1.29 is 14.3 Å². The van der Waals surface area contributed by atoms with E-state index in [1.165, 1.54) is 5.56 Å². The Labute approximate surface area is 159 Å². The molecule has 0 radical (unpaired) electrons. The Morgan fingerprint density at radius 1 is 1.00 bits per heavy atom. The highest BCUT2D eigenvalue weighted by Gasteiger charge is 2.07. The van der Waals surface area contributed by atoms with E-state index in [0.29, 0.717) is 35.9 Å². The van der Waals surface area contributed by atoms with Crippen molar-refractivity contribution in [3.05, 3.63) is 78.0 Å². The number of anilines is 1. The van der Waals surface area contributed by atoms with Gasteiger partial charge in [-0.3, -0.25) is 4.79 Å². The Bertz CT molecular complexity index is 890. The average Bonchev–Trinajstić information content (AvgIpc) is 2.69. The number of pyridine rings is 1. The molecule has 1 heterocycles. The Kier molecular flexibility index (Phi) is 6.05. The van der Waals surface area contributed by atoms with Gasteiger partial charge in [-0.05, 0) is 37.1 Å². The summed E-state index contributed by atoms with van der Waals surface area (Å²) in [5.74, 6) is 1.60. The number of methoxy groups -OCH3 is 1. The highest BCUT2D eigenvalue weighted by Crippen LogP contribution is 2.30. The number of carbonyl (C=O) groups excluding carboxylic acids is 1. The maximum absolute atomic E-state index is 12.1. The number of amides is 1. The number of nitrogens with zero attached hydrogens (tertiary/aromatic N) is 1. The standard InChI is InChI=1S/C22H22N2O3/c1-16-7-9-17(10-8-16)11-13-21(25)24-18-12-14-22(23-15-18)27-20-6-4-3-5-19(20)26-2/h3-10,12,14-15H,11,13H2,1-2H3,(H,24,25). The van der Waals surface area contributed by atoms with Crippen molar-refractivity contribution in [1.82, 2.24) is 4.98 Å². The topological polar surface area (TPSA) is 60.5 Å². The molecule has 0 aliphatic rings. The van der Waals surface area contributed by atoms with Gasteiger partial charge in [0.1, 0.15) is 0 Å². The second kappa shape index (κ2) is 8.85. The summed E-state index contributed by atoms with van der Waals surface area (Å²) in [5.41, 5.74) is 3.00. The number of carbonyl (C=O) groups is 1. The normalized spacial score (nSPS) is 10.3. The van der Waals surface area contributed by atoms with Crippen LogP contribution in [0.2, 0.25) is 0 Å². The van der Waals surface area contributed by atoms with E-state index in [9.17, 15) is 4.79 Å². The molecule has 5 nitrogen and oxygen atoms in total. The summed E-state index contributed by atoms with van der Waals surface area (Å²) in [4.78, 5) is 16.4. The summed E-state index contributed by atoms with van der Waals surface area (Å²) < 4.78 is 11.0. The van der Waals surface area contributed by atoms with E-state index < -0.39 is 0 Å². The minimum atomic E-state index is -0.0456. The van der Waals surface area contributed by atoms with Gasteiger partial charge in [-0.25, -0.2) is 4.98 Å². The van der Waals surface area contributed by atoms with Crippen LogP contribution in [0.15, 0.2) is 66.9 Å². The summed E-state index contributed by atoms with van der Waals surface area (Å²) in [6, 6.07) is 19.0. The molecule has 1 N–H and O–H groups in total. The van der Waals surface area contributed by atoms with Crippen LogP contribution < -0.4 is 14.8 Å². The Hall–Kier alpha value is -3.34. The summed E-state index contributed by atoms with van der Waals surface area (Å²) in [6.07, 6.45) is 2.70. The fourth-order valence-electron chi connectivity index (χ4n) is 2.57. The highest BCUT2D eigenvalue weighted by atomic mass is 16.5. The molecule has 0 atom stereocenters. The highest BCUT2D eigenvalue weighted by molar-refractivity contribution is 5.90. The lowest BCUT2D eigenvalue weighted by Gasteiger charge is -2.10. The van der Waals surface area contributed by atoms with Crippen molar-refractivity contribution in [3.63, 3.8) is 0 Å². The molecule has 0 aliphatic heterocycles. The average molecular weight is 362 g/mol. The summed E-state index contributed by atoms with van der Waals surface area (Å²) in [6.45, 7) is 2.05. The molecular formula is C22H22N2O3. The second-order valence-electron chi connectivity index (χ2n) is 6.17. The predicted molar refractivity (Wildman–Crippen MR) is 105 cm³/mol. The van der Waals surface area contributed by atoms with Crippen molar-refractivity contribution in [3.8, 4) is 17.4 Å². The van der Waals surface area contributed by atoms with Crippen LogP contribution in [0.1, 0.15) is 17.5 Å². The third kappa shape index (κ3) is 5.31. The van der Waals surface area contributed by atoms with Crippen LogP contribution in [-0.4, -0.2) is 18.0 Å². The Morgan fingerprint density at radius 2 is 1.74 bits per heavy atom. The third-order valence-corrected chi connectivity index (χ3v) is 4.07. The fraction of sp³-hybridized carbons (Fsp3) is 0.182. The molecule has 0 spiro atoms. The first kappa shape index (κ1) is 18.5. The molecule has 3 rings (SSSR count). The van der Waals surface area contributed by atoms with Crippen LogP contribution in [0.3, 0.4) is 0 Å². The van der Waals surface area contributed by atoms with Crippen molar-refractivity contribution in [2.24, 2.45) is 0 Å². The molecule has 0 bridgehead atoms. The lowest BCUT2D eigenvalue weighted by molar-refractivity contribution is -0.116. The van der Waals surface area contributed by atoms with E-state index in [0.717, 1.165) is 5.56 Å². The number of hydrogen-bond acceptors (Lipinski definition) is 4. The molecule has 0 fully saturated rings. The zero-order chi connectivity index (χ0) is 19.1. The van der Waals surface area contributed by atoms with Gasteiger partial charge in [0.05, 0.1) is 19.0 Å². The van der Waals surface area contributed by atoms with Crippen molar-refractivity contribution in [2.45, 2.75) is 19.8 Å². The number of rotatable bonds is 7. The van der Waals surface area contributed by atoms with Crippen LogP contribution in [0.5, 0.6) is 17.4 Å². The number of benzene rings is 2. The predicted octanol–water partition coefficient (Wildman–Crippen LogP) is 4.76. The van der Waals surface area contributed by atoms with Gasteiger partial charge in [0.2, 0.25) is 11.8 Å². The van der Waals surface area contributed by atoms with Crippen molar-refractivity contribution >= 4 is 11.6 Å². The first-order chi connectivity index (χ1) is 13.1. The van der Waals surface area contributed by atoms with Crippen LogP contribution >= 0.6 is 0 Å². The molecule has 0 saturated heterocycles. The molecule has 1 amide bonds. The van der Waals surface area contributed by atoms with Gasteiger partial charge in [-0.2, -0.15) is 0 Å². The number of para-hydroxylation sites is 2. The molecule has 1 aromatic heterocycles. The van der Waals surface area contributed by atoms with Crippen molar-refractivity contribution in [1.29, 1.82) is 0 Å². The number of aryl methyl sites for hydroxylation is 2. The first-order valence-electron chi connectivity index (χ1n) is 8.76. The first-order valence-corrected chi connectivity index (χ1v) is 8.76. The van der Waals surface area contributed by atoms with E-state index in [-0.39, 0.29) is 5.91 Å². The molecule has 0 saturated carbocycles. The van der Waals surface area contributed by atoms with Gasteiger partial charge in [-0.15, -0.1) is 0 Å². The van der Waals surface area contributed by atoms with Gasteiger partial charge in [0.25, 0.3) is 0 Å². The molecule has 5 heteroatoms. The second-order valence-corrected chi connectivity index (χ2v) is 6.17. The van der Waals surface area contributed by atoms with Crippen LogP contribution in [0.4, 0.5) is 5.69 Å². The van der Waals surface area contributed by atoms with E-state index in [1.807, 2.05) is 37.3 Å². The third-order valence-electron chi connectivity index (χ3n) is 4.07. The zero-order valence-electron chi connectivity index (χ0n) is 15.4. The largest absolute Gasteiger partial charge is 0.493 e. The maximum atomic E-state index is 12.1. The van der Waals surface area contributed by atoms with Gasteiger partial charge in [0, 0.05) is 12.5 Å². The zero-order valence-corrected chi connectivity index (χ0v) is 15.4. The Balaban J connectivity index is 1.54. The van der Waals surface area contributed by atoms with E-state index in [2.05, 4.69) is 22.4 Å². The van der Waals surface area contributed by atoms with Crippen LogP contribution in [0, 0.1) is 6.92 Å². The van der Waals surface area contributed by atoms with Gasteiger partial charge in [-0.1, -0.05) is 42.0 Å². The number of ether oxygens (including phenoxy) is 2. The quantitative estimate of drug-likeness (QED) is 0.658. The summed E-state index contributed by atoms with van der Waals surface area (Å²) >= 11 is 0. The van der Waals surface area contributed by atoms with E-state index in [4.69, 9.17) is 9.47 Å². The van der Waals surface area contributed by atoms with Crippen molar-refractivity contribution in [2.75, 3.05) is 12.4 Å². The molecule has 27 heavy (non-hydrogen) atoms. The number of aromatic nitrogens is 1. The monoisotopic (exact) mass is 362 g/mol. The SMILES string of the molecule is COc1ccccc1Oc1ccc(NC(=O)CCc2ccc(C)cc2)cn1. The molecule has 0 unspecified atom stereocenters. The molecule has 2 aromatic carbocycles.